The van der Waals surface area contributed by atoms with Crippen LogP contribution in [0, 0.1) is 23.7 Å². The van der Waals surface area contributed by atoms with Crippen molar-refractivity contribution in [3.8, 4) is 0 Å². The number of hydrogen-bond acceptors (Lipinski definition) is 0. The molecule has 4 aliphatic carbocycles. The molecule has 144 valence electrons. The predicted octanol–water partition coefficient (Wildman–Crippen LogP) is 8.20. The molecule has 0 spiro atoms. The van der Waals surface area contributed by atoms with E-state index in [0.717, 1.165) is 0 Å². The molecule has 0 aromatic rings. The summed E-state index contributed by atoms with van der Waals surface area (Å²) in [6.07, 6.45) is 25.6. The topological polar surface area (TPSA) is 0 Å². The summed E-state index contributed by atoms with van der Waals surface area (Å²) in [7, 11) is 0. The molecule has 4 aliphatic rings. The fraction of sp³-hybridized carbons (Fsp3) is 1.00. The van der Waals surface area contributed by atoms with Gasteiger partial charge in [-0.3, -0.25) is 0 Å². The average molecular weight is 451 g/mol. The molecule has 0 aliphatic heterocycles. The first-order valence-corrected chi connectivity index (χ1v) is 20.4. The van der Waals surface area contributed by atoms with Crippen LogP contribution < -0.4 is 0 Å². The molecular formula is C24H44Sn. The molecule has 4 fully saturated rings. The summed E-state index contributed by atoms with van der Waals surface area (Å²) in [5.74, 6) is 4.78. The third kappa shape index (κ3) is 5.41. The van der Waals surface area contributed by atoms with Crippen LogP contribution in [0.1, 0.15) is 103 Å². The molecule has 0 heterocycles. The van der Waals surface area contributed by atoms with E-state index in [1.165, 1.54) is 23.7 Å². The van der Waals surface area contributed by atoms with Gasteiger partial charge in [0, 0.05) is 0 Å². The Balaban J connectivity index is 1.50. The molecule has 4 saturated carbocycles. The molecule has 0 atom stereocenters. The van der Waals surface area contributed by atoms with Crippen LogP contribution in [0.5, 0.6) is 0 Å². The predicted molar refractivity (Wildman–Crippen MR) is 113 cm³/mol. The van der Waals surface area contributed by atoms with Gasteiger partial charge in [-0.15, -0.1) is 0 Å². The van der Waals surface area contributed by atoms with Crippen molar-refractivity contribution in [1.29, 1.82) is 0 Å². The molecule has 0 unspecified atom stereocenters. The number of rotatable bonds is 8. The molecule has 0 nitrogen and oxygen atoms in total. The van der Waals surface area contributed by atoms with E-state index in [1.807, 2.05) is 17.7 Å². The van der Waals surface area contributed by atoms with Gasteiger partial charge in [-0.25, -0.2) is 0 Å². The molecule has 0 aromatic carbocycles. The molecule has 0 aromatic heterocycles. The summed E-state index contributed by atoms with van der Waals surface area (Å²) in [6, 6.07) is 0. The molecular weight excluding hydrogens is 407 g/mol. The van der Waals surface area contributed by atoms with Crippen molar-refractivity contribution in [2.75, 3.05) is 0 Å². The summed E-state index contributed by atoms with van der Waals surface area (Å²) in [5.41, 5.74) is 0. The van der Waals surface area contributed by atoms with Gasteiger partial charge in [0.15, 0.2) is 0 Å². The molecule has 4 rings (SSSR count). The SMILES string of the molecule is C1CCC([CH2][Sn]([CH2]C2CCCC2)([CH2]C2CCCC2)[CH2]C2CCCC2)C1. The van der Waals surface area contributed by atoms with Crippen molar-refractivity contribution < 1.29 is 0 Å². The zero-order valence-corrected chi connectivity index (χ0v) is 19.8. The maximum absolute atomic E-state index is 1.98. The minimum atomic E-state index is -1.98. The van der Waals surface area contributed by atoms with Gasteiger partial charge in [-0.2, -0.15) is 0 Å². The van der Waals surface area contributed by atoms with Gasteiger partial charge in [0.1, 0.15) is 0 Å². The van der Waals surface area contributed by atoms with Crippen LogP contribution in [0.15, 0.2) is 0 Å². The molecule has 0 saturated heterocycles. The quantitative estimate of drug-likeness (QED) is 0.327. The molecule has 0 bridgehead atoms. The Kier molecular flexibility index (Phi) is 7.14. The Bertz CT molecular complexity index is 301. The first kappa shape index (κ1) is 19.1. The van der Waals surface area contributed by atoms with Crippen LogP contribution in [-0.2, 0) is 0 Å². The monoisotopic (exact) mass is 452 g/mol. The van der Waals surface area contributed by atoms with Crippen molar-refractivity contribution in [1.82, 2.24) is 0 Å². The Labute approximate surface area is 162 Å². The first-order valence-electron chi connectivity index (χ1n) is 12.3. The molecule has 0 N–H and O–H groups in total. The van der Waals surface area contributed by atoms with Gasteiger partial charge in [0.2, 0.25) is 0 Å². The summed E-state index contributed by atoms with van der Waals surface area (Å²) in [5, 5.41) is 0. The third-order valence-electron chi connectivity index (χ3n) is 8.79. The van der Waals surface area contributed by atoms with Crippen LogP contribution in [0.25, 0.3) is 0 Å². The zero-order valence-electron chi connectivity index (χ0n) is 17.0. The van der Waals surface area contributed by atoms with E-state index in [0.29, 0.717) is 0 Å². The van der Waals surface area contributed by atoms with E-state index in [2.05, 4.69) is 0 Å². The van der Waals surface area contributed by atoms with E-state index >= 15 is 0 Å². The Morgan fingerprint density at radius 3 is 0.760 bits per heavy atom. The van der Waals surface area contributed by atoms with Crippen molar-refractivity contribution in [3.63, 3.8) is 0 Å². The fourth-order valence-electron chi connectivity index (χ4n) is 7.81. The van der Waals surface area contributed by atoms with Crippen LogP contribution >= 0.6 is 0 Å². The summed E-state index contributed by atoms with van der Waals surface area (Å²) in [4.78, 5) is 0. The van der Waals surface area contributed by atoms with Gasteiger partial charge in [-0.1, -0.05) is 0 Å². The van der Waals surface area contributed by atoms with Crippen molar-refractivity contribution in [2.24, 2.45) is 23.7 Å². The normalized spacial score (nSPS) is 27.8. The summed E-state index contributed by atoms with van der Waals surface area (Å²) in [6.45, 7) is 0. The molecule has 25 heavy (non-hydrogen) atoms. The fourth-order valence-corrected chi connectivity index (χ4v) is 29.3. The second-order valence-electron chi connectivity index (χ2n) is 10.9. The van der Waals surface area contributed by atoms with Crippen LogP contribution in [-0.4, -0.2) is 18.4 Å². The molecule has 1 heteroatoms. The van der Waals surface area contributed by atoms with Crippen LogP contribution in [0.4, 0.5) is 0 Å². The van der Waals surface area contributed by atoms with Gasteiger partial charge in [0.25, 0.3) is 0 Å². The van der Waals surface area contributed by atoms with Crippen molar-refractivity contribution in [2.45, 2.75) is 120 Å². The average Bonchev–Trinajstić information content (AvgIpc) is 3.37. The second kappa shape index (κ2) is 9.33. The van der Waals surface area contributed by atoms with Gasteiger partial charge in [-0.05, 0) is 0 Å². The van der Waals surface area contributed by atoms with Gasteiger partial charge >= 0.3 is 163 Å². The van der Waals surface area contributed by atoms with E-state index in [-0.39, 0.29) is 0 Å². The van der Waals surface area contributed by atoms with Crippen molar-refractivity contribution in [3.05, 3.63) is 0 Å². The Morgan fingerprint density at radius 2 is 0.560 bits per heavy atom. The van der Waals surface area contributed by atoms with Gasteiger partial charge in [0.05, 0.1) is 0 Å². The zero-order chi connectivity index (χ0) is 17.0. The van der Waals surface area contributed by atoms with Gasteiger partial charge < -0.3 is 0 Å². The summed E-state index contributed by atoms with van der Waals surface area (Å²) < 4.78 is 7.38. The first-order chi connectivity index (χ1) is 12.3. The summed E-state index contributed by atoms with van der Waals surface area (Å²) >= 11 is -1.98. The second-order valence-corrected chi connectivity index (χ2v) is 24.1. The van der Waals surface area contributed by atoms with Crippen molar-refractivity contribution >= 4 is 18.4 Å². The van der Waals surface area contributed by atoms with E-state index < -0.39 is 18.4 Å². The number of hydrogen-bond donors (Lipinski definition) is 0. The Hall–Kier alpha value is 0.799. The van der Waals surface area contributed by atoms with Crippen LogP contribution in [0.3, 0.4) is 0 Å². The Morgan fingerprint density at radius 1 is 0.360 bits per heavy atom. The third-order valence-corrected chi connectivity index (χ3v) is 25.3. The maximum atomic E-state index is 1.85. The van der Waals surface area contributed by atoms with Crippen LogP contribution in [0.2, 0.25) is 17.7 Å². The van der Waals surface area contributed by atoms with E-state index in [9.17, 15) is 0 Å². The molecule has 0 amide bonds. The standard InChI is InChI=1S/4C6H11.Sn/c4*1-6-4-2-3-5-6;/h4*6H,1-5H2;. The minimum absolute atomic E-state index is 1.19. The van der Waals surface area contributed by atoms with E-state index in [1.54, 1.807) is 103 Å². The molecule has 0 radical (unpaired) electrons. The van der Waals surface area contributed by atoms with E-state index in [4.69, 9.17) is 0 Å².